The molecule has 2 N–H and O–H groups in total. The van der Waals surface area contributed by atoms with Crippen LogP contribution in [0.15, 0.2) is 67.1 Å². The van der Waals surface area contributed by atoms with Crippen molar-refractivity contribution in [1.29, 1.82) is 0 Å². The second-order valence-corrected chi connectivity index (χ2v) is 10.9. The number of rotatable bonds is 8. The highest BCUT2D eigenvalue weighted by molar-refractivity contribution is 5.61. The number of pyridine rings is 3. The van der Waals surface area contributed by atoms with Crippen molar-refractivity contribution in [3.8, 4) is 28.5 Å². The molecule has 0 amide bonds. The molecular formula is C31H32N10O. The molecule has 212 valence electrons. The predicted molar refractivity (Wildman–Crippen MR) is 161 cm³/mol. The van der Waals surface area contributed by atoms with Crippen LogP contribution in [0, 0.1) is 13.8 Å². The number of methoxy groups -OCH3 is 1. The van der Waals surface area contributed by atoms with E-state index in [4.69, 9.17) is 19.7 Å². The molecule has 0 aliphatic carbocycles. The van der Waals surface area contributed by atoms with E-state index in [1.54, 1.807) is 13.3 Å². The smallest absolute Gasteiger partial charge is 0.212 e. The van der Waals surface area contributed by atoms with Crippen LogP contribution in [0.1, 0.15) is 23.4 Å². The lowest BCUT2D eigenvalue weighted by Crippen LogP contribution is -2.68. The van der Waals surface area contributed by atoms with Gasteiger partial charge in [-0.05, 0) is 50.1 Å². The standard InChI is InChI=1S/C31H32N10O/c1-19-10-27(36-28-11-20(2)38-39-28)37-31(35-19)23-5-8-29(33-15-23)40-17-24-12-25(18-40)41(24)16-21-4-7-26(32-13-21)22-6-9-30(42-3)34-14-22/h4-11,13-15,24-25H,12,16-18H2,1-3H3,(H2,35,36,37,38,39). The van der Waals surface area contributed by atoms with Gasteiger partial charge in [-0.15, -0.1) is 0 Å². The molecule has 5 aromatic rings. The molecule has 3 aliphatic rings. The molecule has 3 aliphatic heterocycles. The van der Waals surface area contributed by atoms with Crippen molar-refractivity contribution in [2.24, 2.45) is 0 Å². The van der Waals surface area contributed by atoms with E-state index >= 15 is 0 Å². The second kappa shape index (κ2) is 10.8. The summed E-state index contributed by atoms with van der Waals surface area (Å²) in [6.07, 6.45) is 6.87. The first-order chi connectivity index (χ1) is 20.5. The van der Waals surface area contributed by atoms with Gasteiger partial charge in [0, 0.05) is 91.0 Å². The van der Waals surface area contributed by atoms with Crippen molar-refractivity contribution in [1.82, 2.24) is 40.0 Å². The zero-order valence-corrected chi connectivity index (χ0v) is 23.8. The Morgan fingerprint density at radius 2 is 1.71 bits per heavy atom. The van der Waals surface area contributed by atoms with Crippen LogP contribution in [0.2, 0.25) is 0 Å². The lowest BCUT2D eigenvalue weighted by molar-refractivity contribution is -0.00874. The van der Waals surface area contributed by atoms with Crippen LogP contribution in [0.25, 0.3) is 22.6 Å². The van der Waals surface area contributed by atoms with E-state index in [1.807, 2.05) is 50.5 Å². The number of aryl methyl sites for hydroxylation is 2. The van der Waals surface area contributed by atoms with Crippen molar-refractivity contribution in [3.63, 3.8) is 0 Å². The Morgan fingerprint density at radius 3 is 2.38 bits per heavy atom. The minimum atomic E-state index is 0.509. The number of aromatic nitrogens is 7. The summed E-state index contributed by atoms with van der Waals surface area (Å²) in [5, 5.41) is 10.4. The summed E-state index contributed by atoms with van der Waals surface area (Å²) in [4.78, 5) is 28.1. The van der Waals surface area contributed by atoms with Gasteiger partial charge in [0.1, 0.15) is 11.6 Å². The van der Waals surface area contributed by atoms with Gasteiger partial charge in [0.05, 0.1) is 12.8 Å². The molecule has 11 nitrogen and oxygen atoms in total. The molecule has 8 heterocycles. The Hall–Kier alpha value is -4.90. The number of fused-ring (bicyclic) bond motifs is 2. The van der Waals surface area contributed by atoms with Crippen molar-refractivity contribution in [2.75, 3.05) is 30.4 Å². The van der Waals surface area contributed by atoms with Gasteiger partial charge in [0.25, 0.3) is 0 Å². The highest BCUT2D eigenvalue weighted by atomic mass is 16.5. The molecule has 2 bridgehead atoms. The van der Waals surface area contributed by atoms with E-state index in [0.29, 0.717) is 29.6 Å². The van der Waals surface area contributed by atoms with Crippen molar-refractivity contribution in [2.45, 2.75) is 38.9 Å². The molecule has 42 heavy (non-hydrogen) atoms. The summed E-state index contributed by atoms with van der Waals surface area (Å²) >= 11 is 0. The maximum Gasteiger partial charge on any atom is 0.212 e. The first-order valence-corrected chi connectivity index (χ1v) is 14.1. The number of nitrogens with zero attached hydrogens (tertiary/aromatic N) is 8. The summed E-state index contributed by atoms with van der Waals surface area (Å²) in [5.74, 6) is 3.65. The molecule has 8 rings (SSSR count). The third-order valence-electron chi connectivity index (χ3n) is 7.92. The molecule has 0 spiro atoms. The monoisotopic (exact) mass is 560 g/mol. The van der Waals surface area contributed by atoms with Crippen molar-refractivity contribution in [3.05, 3.63) is 84.1 Å². The number of nitrogens with one attached hydrogen (secondary N) is 2. The Kier molecular flexibility index (Phi) is 6.71. The Morgan fingerprint density at radius 1 is 0.881 bits per heavy atom. The first kappa shape index (κ1) is 26.0. The molecule has 2 unspecified atom stereocenters. The molecule has 3 fully saturated rings. The normalized spacial score (nSPS) is 18.0. The van der Waals surface area contributed by atoms with Gasteiger partial charge >= 0.3 is 0 Å². The second-order valence-electron chi connectivity index (χ2n) is 10.9. The largest absolute Gasteiger partial charge is 0.481 e. The van der Waals surface area contributed by atoms with Gasteiger partial charge in [0.2, 0.25) is 5.88 Å². The minimum absolute atomic E-state index is 0.509. The predicted octanol–water partition coefficient (Wildman–Crippen LogP) is 4.55. The van der Waals surface area contributed by atoms with E-state index in [9.17, 15) is 0 Å². The Labute approximate surface area is 244 Å². The number of ether oxygens (including phenoxy) is 1. The maximum absolute atomic E-state index is 5.15. The van der Waals surface area contributed by atoms with Crippen LogP contribution in [-0.4, -0.2) is 72.3 Å². The van der Waals surface area contributed by atoms with E-state index < -0.39 is 0 Å². The topological polar surface area (TPSA) is 121 Å². The van der Waals surface area contributed by atoms with Gasteiger partial charge in [0.15, 0.2) is 11.6 Å². The van der Waals surface area contributed by atoms with Crippen LogP contribution in [0.5, 0.6) is 5.88 Å². The van der Waals surface area contributed by atoms with Crippen LogP contribution in [0.3, 0.4) is 0 Å². The molecule has 2 atom stereocenters. The Balaban J connectivity index is 0.977. The quantitative estimate of drug-likeness (QED) is 0.280. The maximum atomic E-state index is 5.15. The highest BCUT2D eigenvalue weighted by Crippen LogP contribution is 2.36. The molecule has 3 saturated heterocycles. The number of anilines is 3. The summed E-state index contributed by atoms with van der Waals surface area (Å²) in [5.41, 5.74) is 5.85. The number of H-pyrrole nitrogens is 1. The zero-order valence-electron chi connectivity index (χ0n) is 23.8. The lowest BCUT2D eigenvalue weighted by Gasteiger charge is -2.56. The summed E-state index contributed by atoms with van der Waals surface area (Å²) in [6.45, 7) is 6.75. The molecule has 5 aromatic heterocycles. The van der Waals surface area contributed by atoms with Gasteiger partial charge in [-0.2, -0.15) is 5.10 Å². The average Bonchev–Trinajstić information content (AvgIpc) is 3.44. The van der Waals surface area contributed by atoms with Crippen LogP contribution in [-0.2, 0) is 6.54 Å². The zero-order chi connectivity index (χ0) is 28.6. The first-order valence-electron chi connectivity index (χ1n) is 14.1. The highest BCUT2D eigenvalue weighted by Gasteiger charge is 2.44. The lowest BCUT2D eigenvalue weighted by atomic mass is 9.87. The average molecular weight is 561 g/mol. The van der Waals surface area contributed by atoms with Crippen LogP contribution < -0.4 is 15.0 Å². The molecule has 0 saturated carbocycles. The number of hydrogen-bond donors (Lipinski definition) is 2. The summed E-state index contributed by atoms with van der Waals surface area (Å²) < 4.78 is 5.15. The fraction of sp³-hybridized carbons (Fsp3) is 0.290. The van der Waals surface area contributed by atoms with Gasteiger partial charge in [-0.1, -0.05) is 6.07 Å². The number of piperidine rings is 1. The van der Waals surface area contributed by atoms with Crippen LogP contribution >= 0.6 is 0 Å². The number of piperazine rings is 1. The molecular weight excluding hydrogens is 528 g/mol. The van der Waals surface area contributed by atoms with Gasteiger partial charge in [-0.25, -0.2) is 19.9 Å². The SMILES string of the molecule is COc1ccc(-c2ccc(CN3C4CC3CN(c3ccc(-c5nc(C)cc(Nc6cc(C)[nH]n6)n5)cn3)C4)cn2)cn1. The third kappa shape index (κ3) is 5.26. The third-order valence-corrected chi connectivity index (χ3v) is 7.92. The van der Waals surface area contributed by atoms with Gasteiger partial charge < -0.3 is 15.0 Å². The van der Waals surface area contributed by atoms with Crippen molar-refractivity contribution < 1.29 is 4.74 Å². The number of aromatic amines is 1. The van der Waals surface area contributed by atoms with E-state index in [1.165, 1.54) is 12.0 Å². The molecule has 0 aromatic carbocycles. The molecule has 0 radical (unpaired) electrons. The van der Waals surface area contributed by atoms with Gasteiger partial charge in [-0.3, -0.25) is 15.0 Å². The van der Waals surface area contributed by atoms with Crippen LogP contribution in [0.4, 0.5) is 17.5 Å². The Bertz CT molecular complexity index is 1670. The molecule has 11 heteroatoms. The van der Waals surface area contributed by atoms with Crippen molar-refractivity contribution >= 4 is 17.5 Å². The summed E-state index contributed by atoms with van der Waals surface area (Å²) in [6, 6.07) is 17.1. The van der Waals surface area contributed by atoms with E-state index in [0.717, 1.165) is 59.5 Å². The fourth-order valence-electron chi connectivity index (χ4n) is 5.76. The van der Waals surface area contributed by atoms with E-state index in [2.05, 4.69) is 59.5 Å². The fourth-order valence-corrected chi connectivity index (χ4v) is 5.76. The summed E-state index contributed by atoms with van der Waals surface area (Å²) in [7, 11) is 1.62. The van der Waals surface area contributed by atoms with E-state index in [-0.39, 0.29) is 0 Å². The number of hydrogen-bond acceptors (Lipinski definition) is 10. The minimum Gasteiger partial charge on any atom is -0.481 e.